The van der Waals surface area contributed by atoms with Gasteiger partial charge in [-0.05, 0) is 56.2 Å². The molecule has 0 aliphatic rings. The van der Waals surface area contributed by atoms with Gasteiger partial charge in [-0.3, -0.25) is 4.79 Å². The summed E-state index contributed by atoms with van der Waals surface area (Å²) in [5.41, 5.74) is 2.15. The zero-order valence-corrected chi connectivity index (χ0v) is 19.5. The lowest BCUT2D eigenvalue weighted by Crippen LogP contribution is -2.15. The molecule has 0 amide bonds. The number of benzene rings is 2. The average Bonchev–Trinajstić information content (AvgIpc) is 2.95. The predicted octanol–water partition coefficient (Wildman–Crippen LogP) is 6.41. The molecule has 0 aliphatic heterocycles. The van der Waals surface area contributed by atoms with E-state index in [0.717, 1.165) is 0 Å². The fourth-order valence-electron chi connectivity index (χ4n) is 3.05. The van der Waals surface area contributed by atoms with Crippen molar-refractivity contribution in [1.82, 2.24) is 9.78 Å². The molecule has 0 fully saturated rings. The molecule has 3 aromatic rings. The molecule has 0 saturated carbocycles. The number of aromatic nitrogens is 2. The van der Waals surface area contributed by atoms with E-state index >= 15 is 0 Å². The molecule has 9 heteroatoms. The molecule has 0 bridgehead atoms. The molecule has 0 spiro atoms. The van der Waals surface area contributed by atoms with Crippen molar-refractivity contribution in [3.63, 3.8) is 0 Å². The molecular weight excluding hydrogens is 470 g/mol. The van der Waals surface area contributed by atoms with Gasteiger partial charge in [0.05, 0.1) is 21.3 Å². The zero-order chi connectivity index (χ0) is 22.3. The van der Waals surface area contributed by atoms with Gasteiger partial charge in [0.25, 0.3) is 0 Å². The maximum atomic E-state index is 13.4. The molecule has 0 radical (unpaired) electrons. The molecule has 2 aromatic carbocycles. The van der Waals surface area contributed by atoms with Crippen LogP contribution in [0.2, 0.25) is 20.1 Å². The summed E-state index contributed by atoms with van der Waals surface area (Å²) in [6, 6.07) is 6.00. The number of esters is 1. The molecule has 3 rings (SSSR count). The Morgan fingerprint density at radius 2 is 1.63 bits per heavy atom. The van der Waals surface area contributed by atoms with Gasteiger partial charge in [0.2, 0.25) is 11.7 Å². The van der Waals surface area contributed by atoms with Crippen LogP contribution in [0.1, 0.15) is 43.1 Å². The Hall–Kier alpha value is -2.05. The summed E-state index contributed by atoms with van der Waals surface area (Å²) in [6.45, 7) is 5.15. The van der Waals surface area contributed by atoms with Crippen molar-refractivity contribution >= 4 is 58.2 Å². The van der Waals surface area contributed by atoms with Crippen LogP contribution in [0.5, 0.6) is 5.88 Å². The number of carbonyl (C=O) groups is 2. The standard InChI is InChI=1S/C21H16Cl4N2O3/c1-9-7-14(18(25)10(2)17(9)24)19(28)16-11(3)26-27(4)20(16)30-21(29)13-6-5-12(22)8-15(13)23/h5-8H,1-4H3. The number of hydrogen-bond acceptors (Lipinski definition) is 4. The van der Waals surface area contributed by atoms with Crippen molar-refractivity contribution in [3.8, 4) is 5.88 Å². The summed E-state index contributed by atoms with van der Waals surface area (Å²) in [5.74, 6) is -1.20. The van der Waals surface area contributed by atoms with Crippen molar-refractivity contribution in [3.05, 3.63) is 77.9 Å². The van der Waals surface area contributed by atoms with Gasteiger partial charge >= 0.3 is 5.97 Å². The van der Waals surface area contributed by atoms with Crippen molar-refractivity contribution in [2.24, 2.45) is 7.05 Å². The number of nitrogens with zero attached hydrogens (tertiary/aromatic N) is 2. The van der Waals surface area contributed by atoms with Gasteiger partial charge in [0.15, 0.2) is 0 Å². The topological polar surface area (TPSA) is 61.2 Å². The lowest BCUT2D eigenvalue weighted by atomic mass is 9.99. The summed E-state index contributed by atoms with van der Waals surface area (Å²) >= 11 is 24.6. The molecule has 0 unspecified atom stereocenters. The first-order chi connectivity index (χ1) is 14.0. The van der Waals surface area contributed by atoms with Crippen LogP contribution in [0.15, 0.2) is 24.3 Å². The van der Waals surface area contributed by atoms with E-state index in [1.54, 1.807) is 33.9 Å². The van der Waals surface area contributed by atoms with Crippen LogP contribution in [-0.2, 0) is 7.05 Å². The third kappa shape index (κ3) is 4.08. The second-order valence-corrected chi connectivity index (χ2v) is 8.33. The van der Waals surface area contributed by atoms with E-state index in [2.05, 4.69) is 5.10 Å². The van der Waals surface area contributed by atoms with Crippen LogP contribution < -0.4 is 4.74 Å². The van der Waals surface area contributed by atoms with Crippen LogP contribution >= 0.6 is 46.4 Å². The Morgan fingerprint density at radius 3 is 2.27 bits per heavy atom. The van der Waals surface area contributed by atoms with Gasteiger partial charge in [-0.1, -0.05) is 46.4 Å². The fourth-order valence-corrected chi connectivity index (χ4v) is 3.97. The Kier molecular flexibility index (Phi) is 6.48. The highest BCUT2D eigenvalue weighted by Crippen LogP contribution is 2.34. The SMILES string of the molecule is Cc1cc(C(=O)c2c(C)nn(C)c2OC(=O)c2ccc(Cl)cc2Cl)c(Cl)c(C)c1Cl. The van der Waals surface area contributed by atoms with E-state index in [4.69, 9.17) is 51.1 Å². The molecule has 30 heavy (non-hydrogen) atoms. The maximum Gasteiger partial charge on any atom is 0.346 e. The number of rotatable bonds is 4. The second kappa shape index (κ2) is 8.60. The van der Waals surface area contributed by atoms with E-state index in [9.17, 15) is 9.59 Å². The van der Waals surface area contributed by atoms with Crippen molar-refractivity contribution in [1.29, 1.82) is 0 Å². The van der Waals surface area contributed by atoms with Gasteiger partial charge in [0.1, 0.15) is 5.56 Å². The number of ketones is 1. The first kappa shape index (κ1) is 22.6. The molecule has 1 heterocycles. The molecule has 156 valence electrons. The number of halogens is 4. The van der Waals surface area contributed by atoms with E-state index < -0.39 is 11.8 Å². The summed E-state index contributed by atoms with van der Waals surface area (Å²) in [4.78, 5) is 26.0. The van der Waals surface area contributed by atoms with Crippen LogP contribution in [0.25, 0.3) is 0 Å². The maximum absolute atomic E-state index is 13.4. The van der Waals surface area contributed by atoms with E-state index in [1.807, 2.05) is 0 Å². The molecule has 5 nitrogen and oxygen atoms in total. The van der Waals surface area contributed by atoms with Crippen molar-refractivity contribution in [2.45, 2.75) is 20.8 Å². The van der Waals surface area contributed by atoms with E-state index in [1.165, 1.54) is 22.9 Å². The normalized spacial score (nSPS) is 10.9. The number of ether oxygens (including phenoxy) is 1. The Balaban J connectivity index is 2.07. The Labute approximate surface area is 193 Å². The smallest absolute Gasteiger partial charge is 0.346 e. The third-order valence-corrected chi connectivity index (χ3v) is 6.20. The average molecular weight is 486 g/mol. The summed E-state index contributed by atoms with van der Waals surface area (Å²) in [5, 5.41) is 5.46. The Morgan fingerprint density at radius 1 is 0.967 bits per heavy atom. The third-order valence-electron chi connectivity index (χ3n) is 4.58. The first-order valence-electron chi connectivity index (χ1n) is 8.73. The van der Waals surface area contributed by atoms with Crippen LogP contribution in [0.3, 0.4) is 0 Å². The monoisotopic (exact) mass is 484 g/mol. The first-order valence-corrected chi connectivity index (χ1v) is 10.2. The lowest BCUT2D eigenvalue weighted by Gasteiger charge is -2.12. The highest BCUT2D eigenvalue weighted by molar-refractivity contribution is 6.39. The second-order valence-electron chi connectivity index (χ2n) is 6.73. The fraction of sp³-hybridized carbons (Fsp3) is 0.190. The van der Waals surface area contributed by atoms with Crippen molar-refractivity contribution in [2.75, 3.05) is 0 Å². The highest BCUT2D eigenvalue weighted by atomic mass is 35.5. The summed E-state index contributed by atoms with van der Waals surface area (Å²) < 4.78 is 6.83. The minimum atomic E-state index is -0.747. The molecule has 0 aliphatic carbocycles. The summed E-state index contributed by atoms with van der Waals surface area (Å²) in [6.07, 6.45) is 0. The van der Waals surface area contributed by atoms with Crippen LogP contribution in [0, 0.1) is 20.8 Å². The van der Waals surface area contributed by atoms with Gasteiger partial charge in [-0.15, -0.1) is 0 Å². The molecular formula is C21H16Cl4N2O3. The number of carbonyl (C=O) groups excluding carboxylic acids is 2. The molecule has 0 N–H and O–H groups in total. The predicted molar refractivity (Wildman–Crippen MR) is 119 cm³/mol. The van der Waals surface area contributed by atoms with Gasteiger partial charge in [0, 0.05) is 22.7 Å². The molecule has 0 atom stereocenters. The van der Waals surface area contributed by atoms with Crippen molar-refractivity contribution < 1.29 is 14.3 Å². The number of hydrogen-bond donors (Lipinski definition) is 0. The van der Waals surface area contributed by atoms with Crippen LogP contribution in [0.4, 0.5) is 0 Å². The number of aryl methyl sites for hydroxylation is 3. The van der Waals surface area contributed by atoms with Gasteiger partial charge < -0.3 is 4.74 Å². The largest absolute Gasteiger partial charge is 0.403 e. The lowest BCUT2D eigenvalue weighted by molar-refractivity contribution is 0.0718. The van der Waals surface area contributed by atoms with Gasteiger partial charge in [-0.25, -0.2) is 9.48 Å². The van der Waals surface area contributed by atoms with Crippen LogP contribution in [-0.4, -0.2) is 21.5 Å². The minimum absolute atomic E-state index is 0.0187. The Bertz CT molecular complexity index is 1200. The molecule has 0 saturated heterocycles. The minimum Gasteiger partial charge on any atom is -0.403 e. The van der Waals surface area contributed by atoms with E-state index in [0.29, 0.717) is 26.9 Å². The highest BCUT2D eigenvalue weighted by Gasteiger charge is 2.28. The zero-order valence-electron chi connectivity index (χ0n) is 16.4. The van der Waals surface area contributed by atoms with E-state index in [-0.39, 0.29) is 32.6 Å². The molecule has 1 aromatic heterocycles. The summed E-state index contributed by atoms with van der Waals surface area (Å²) in [7, 11) is 1.57. The quantitative estimate of drug-likeness (QED) is 0.316. The van der Waals surface area contributed by atoms with Gasteiger partial charge in [-0.2, -0.15) is 5.10 Å².